The summed E-state index contributed by atoms with van der Waals surface area (Å²) in [6.07, 6.45) is 7.37. The maximum atomic E-state index is 14.1. The molecule has 8 heteroatoms. The number of benzene rings is 2. The Morgan fingerprint density at radius 3 is 2.44 bits per heavy atom. The summed E-state index contributed by atoms with van der Waals surface area (Å²) in [6.45, 7) is 14.5. The minimum Gasteiger partial charge on any atom is -0.496 e. The highest BCUT2D eigenvalue weighted by Gasteiger charge is 2.30. The first kappa shape index (κ1) is 30.4. The zero-order chi connectivity index (χ0) is 28.6. The van der Waals surface area contributed by atoms with E-state index in [2.05, 4.69) is 23.4 Å². The Bertz CT molecular complexity index is 1380. The van der Waals surface area contributed by atoms with Gasteiger partial charge in [0.15, 0.2) is 0 Å². The van der Waals surface area contributed by atoms with Gasteiger partial charge < -0.3 is 14.0 Å². The maximum absolute atomic E-state index is 14.1. The summed E-state index contributed by atoms with van der Waals surface area (Å²) in [5, 5.41) is 3.91. The largest absolute Gasteiger partial charge is 0.496 e. The van der Waals surface area contributed by atoms with Gasteiger partial charge in [0.1, 0.15) is 10.6 Å². The molecule has 0 bridgehead atoms. The lowest BCUT2D eigenvalue weighted by Crippen LogP contribution is -2.17. The summed E-state index contributed by atoms with van der Waals surface area (Å²) in [4.78, 5) is 0.134. The van der Waals surface area contributed by atoms with Gasteiger partial charge in [0.25, 0.3) is 10.0 Å². The van der Waals surface area contributed by atoms with Crippen LogP contribution in [0.4, 0.5) is 5.88 Å². The van der Waals surface area contributed by atoms with Crippen LogP contribution in [0.25, 0.3) is 11.1 Å². The molecule has 1 unspecified atom stereocenters. The van der Waals surface area contributed by atoms with E-state index in [0.717, 1.165) is 42.4 Å². The molecule has 0 aliphatic heterocycles. The lowest BCUT2D eigenvalue weighted by molar-refractivity contribution is 0.134. The van der Waals surface area contributed by atoms with Crippen LogP contribution in [0, 0.1) is 20.8 Å². The molecule has 212 valence electrons. The molecule has 7 nitrogen and oxygen atoms in total. The van der Waals surface area contributed by atoms with Crippen molar-refractivity contribution in [2.75, 3.05) is 18.4 Å². The Balaban J connectivity index is 2.28. The number of aryl methyl sites for hydroxylation is 1. The van der Waals surface area contributed by atoms with Crippen LogP contribution in [0.15, 0.2) is 52.4 Å². The van der Waals surface area contributed by atoms with Crippen LogP contribution in [-0.4, -0.2) is 27.3 Å². The van der Waals surface area contributed by atoms with E-state index in [9.17, 15) is 8.42 Å². The first-order valence-corrected chi connectivity index (χ1v) is 15.1. The average molecular weight is 555 g/mol. The van der Waals surface area contributed by atoms with Gasteiger partial charge in [-0.3, -0.25) is 0 Å². The summed E-state index contributed by atoms with van der Waals surface area (Å²) >= 11 is 0. The lowest BCUT2D eigenvalue weighted by Gasteiger charge is -2.24. The molecule has 3 aromatic rings. The zero-order valence-corrected chi connectivity index (χ0v) is 24.9. The second-order valence-electron chi connectivity index (χ2n) is 9.81. The number of unbranched alkanes of at least 4 members (excludes halogenated alkanes) is 3. The summed E-state index contributed by atoms with van der Waals surface area (Å²) in [5.74, 6) is 0.660. The molecular formula is C31H42N2O5S. The Kier molecular flexibility index (Phi) is 10.8. The number of sulfonamides is 1. The van der Waals surface area contributed by atoms with Crippen molar-refractivity contribution >= 4 is 15.9 Å². The second kappa shape index (κ2) is 13.8. The topological polar surface area (TPSA) is 90.7 Å². The van der Waals surface area contributed by atoms with Crippen molar-refractivity contribution in [1.29, 1.82) is 0 Å². The first-order valence-electron chi connectivity index (χ1n) is 13.7. The highest BCUT2D eigenvalue weighted by molar-refractivity contribution is 7.93. The summed E-state index contributed by atoms with van der Waals surface area (Å²) in [5.41, 5.74) is 4.98. The lowest BCUT2D eigenvalue weighted by atomic mass is 9.87. The highest BCUT2D eigenvalue weighted by atomic mass is 32.2. The molecule has 0 aliphatic carbocycles. The van der Waals surface area contributed by atoms with Crippen molar-refractivity contribution in [3.05, 3.63) is 70.9 Å². The van der Waals surface area contributed by atoms with Gasteiger partial charge in [0.2, 0.25) is 5.88 Å². The Hall–Kier alpha value is -3.10. The molecule has 0 saturated heterocycles. The third kappa shape index (κ3) is 6.92. The second-order valence-corrected chi connectivity index (χ2v) is 11.4. The van der Waals surface area contributed by atoms with Crippen LogP contribution in [0.2, 0.25) is 0 Å². The zero-order valence-electron chi connectivity index (χ0n) is 24.1. The third-order valence-electron chi connectivity index (χ3n) is 7.17. The fourth-order valence-electron chi connectivity index (χ4n) is 4.90. The van der Waals surface area contributed by atoms with Crippen LogP contribution in [-0.2, 0) is 21.4 Å². The van der Waals surface area contributed by atoms with Gasteiger partial charge in [-0.15, -0.1) is 6.58 Å². The Morgan fingerprint density at radius 1 is 1.08 bits per heavy atom. The van der Waals surface area contributed by atoms with E-state index >= 15 is 0 Å². The van der Waals surface area contributed by atoms with Gasteiger partial charge in [-0.2, -0.15) is 0 Å². The van der Waals surface area contributed by atoms with E-state index < -0.39 is 10.0 Å². The van der Waals surface area contributed by atoms with Crippen LogP contribution >= 0.6 is 0 Å². The molecule has 0 spiro atoms. The predicted octanol–water partition coefficient (Wildman–Crippen LogP) is 7.85. The molecule has 0 fully saturated rings. The standard InChI is InChI=1S/C31H42N2O5S/c1-8-11-12-13-16-24(9-2)27-19-28(26-18-15-14-17-25(26)20-37-10-3)30(22(5)29(27)36-7)39(34,35)33-31-21(4)23(6)32-38-31/h9,14-15,17-19,24,33H,2,8,10-13,16,20H2,1,3-7H3. The van der Waals surface area contributed by atoms with E-state index in [1.165, 1.54) is 6.42 Å². The van der Waals surface area contributed by atoms with Crippen molar-refractivity contribution in [2.45, 2.75) is 84.1 Å². The van der Waals surface area contributed by atoms with Crippen molar-refractivity contribution in [2.24, 2.45) is 0 Å². The van der Waals surface area contributed by atoms with Crippen LogP contribution in [0.1, 0.15) is 79.8 Å². The van der Waals surface area contributed by atoms with E-state index in [-0.39, 0.29) is 16.7 Å². The van der Waals surface area contributed by atoms with Gasteiger partial charge in [-0.1, -0.05) is 68.1 Å². The summed E-state index contributed by atoms with van der Waals surface area (Å²) < 4.78 is 47.7. The number of nitrogens with zero attached hydrogens (tertiary/aromatic N) is 1. The van der Waals surface area contributed by atoms with Crippen LogP contribution in [0.3, 0.4) is 0 Å². The van der Waals surface area contributed by atoms with Crippen LogP contribution in [0.5, 0.6) is 5.75 Å². The van der Waals surface area contributed by atoms with E-state index in [4.69, 9.17) is 14.0 Å². The minimum atomic E-state index is -4.11. The van der Waals surface area contributed by atoms with Gasteiger partial charge in [0, 0.05) is 34.8 Å². The first-order chi connectivity index (χ1) is 18.7. The van der Waals surface area contributed by atoms with Crippen molar-refractivity contribution in [1.82, 2.24) is 5.16 Å². The smallest absolute Gasteiger partial charge is 0.265 e. The normalized spacial score (nSPS) is 12.4. The number of ether oxygens (including phenoxy) is 2. The molecule has 3 rings (SSSR count). The maximum Gasteiger partial charge on any atom is 0.265 e. The number of aromatic nitrogens is 1. The highest BCUT2D eigenvalue weighted by Crippen LogP contribution is 2.44. The number of methoxy groups -OCH3 is 1. The van der Waals surface area contributed by atoms with Gasteiger partial charge >= 0.3 is 0 Å². The Morgan fingerprint density at radius 2 is 1.82 bits per heavy atom. The molecule has 1 N–H and O–H groups in total. The summed E-state index contributed by atoms with van der Waals surface area (Å²) in [7, 11) is -2.52. The van der Waals surface area contributed by atoms with E-state index in [1.807, 2.05) is 43.3 Å². The molecule has 0 amide bonds. The van der Waals surface area contributed by atoms with Gasteiger partial charge in [0.05, 0.1) is 19.4 Å². The number of nitrogens with one attached hydrogen (secondary N) is 1. The van der Waals surface area contributed by atoms with Gasteiger partial charge in [-0.25, -0.2) is 13.1 Å². The molecule has 0 radical (unpaired) electrons. The Labute approximate surface area is 233 Å². The molecule has 1 atom stereocenters. The van der Waals surface area contributed by atoms with Crippen molar-refractivity contribution in [3.8, 4) is 16.9 Å². The quantitative estimate of drug-likeness (QED) is 0.152. The molecule has 0 aliphatic rings. The fourth-order valence-corrected chi connectivity index (χ4v) is 6.39. The van der Waals surface area contributed by atoms with Crippen molar-refractivity contribution < 1.29 is 22.4 Å². The molecule has 2 aromatic carbocycles. The monoisotopic (exact) mass is 554 g/mol. The van der Waals surface area contributed by atoms with E-state index in [1.54, 1.807) is 27.9 Å². The average Bonchev–Trinajstić information content (AvgIpc) is 3.23. The number of allylic oxidation sites excluding steroid dienone is 1. The molecule has 0 saturated carbocycles. The predicted molar refractivity (Wildman–Crippen MR) is 157 cm³/mol. The van der Waals surface area contributed by atoms with Crippen molar-refractivity contribution in [3.63, 3.8) is 0 Å². The van der Waals surface area contributed by atoms with E-state index in [0.29, 0.717) is 41.3 Å². The third-order valence-corrected chi connectivity index (χ3v) is 8.68. The molecule has 1 aromatic heterocycles. The molecule has 39 heavy (non-hydrogen) atoms. The molecule has 1 heterocycles. The summed E-state index contributed by atoms with van der Waals surface area (Å²) in [6, 6.07) is 9.70. The van der Waals surface area contributed by atoms with Gasteiger partial charge in [-0.05, 0) is 51.3 Å². The SMILES string of the molecule is C=CC(CCCCCC)c1cc(-c2ccccc2COCC)c(S(=O)(=O)Nc2onc(C)c2C)c(C)c1OC. The minimum absolute atomic E-state index is 0.0113. The number of rotatable bonds is 15. The number of hydrogen-bond acceptors (Lipinski definition) is 6. The van der Waals surface area contributed by atoms with Crippen LogP contribution < -0.4 is 9.46 Å². The number of anilines is 1. The number of hydrogen-bond donors (Lipinski definition) is 1. The molecular weight excluding hydrogens is 512 g/mol. The fraction of sp³-hybridized carbons (Fsp3) is 0.452.